The molecule has 1 aliphatic rings. The fraction of sp³-hybridized carbons (Fsp3) is 0.300. The molecule has 2 aromatic rings. The maximum Gasteiger partial charge on any atom is 0.313 e. The summed E-state index contributed by atoms with van der Waals surface area (Å²) in [6, 6.07) is 17.0. The second-order valence-electron chi connectivity index (χ2n) is 6.38. The minimum Gasteiger partial charge on any atom is -0.369 e. The van der Waals surface area contributed by atoms with Crippen LogP contribution in [0, 0.1) is 0 Å². The van der Waals surface area contributed by atoms with E-state index in [0.717, 1.165) is 32.7 Å². The number of hydrogen-bond acceptors (Lipinski definition) is 4. The van der Waals surface area contributed by atoms with Crippen molar-refractivity contribution in [2.75, 3.05) is 49.5 Å². The van der Waals surface area contributed by atoms with Gasteiger partial charge in [0.2, 0.25) is 0 Å². The van der Waals surface area contributed by atoms with Gasteiger partial charge in [-0.25, -0.2) is 0 Å². The summed E-state index contributed by atoms with van der Waals surface area (Å²) in [5, 5.41) is 5.80. The summed E-state index contributed by atoms with van der Waals surface area (Å²) in [6.07, 6.45) is 0. The predicted octanol–water partition coefficient (Wildman–Crippen LogP) is 2.22. The van der Waals surface area contributed by atoms with E-state index in [1.165, 1.54) is 5.69 Å². The van der Waals surface area contributed by atoms with E-state index in [1.807, 2.05) is 18.2 Å². The van der Waals surface area contributed by atoms with Gasteiger partial charge in [0.25, 0.3) is 0 Å². The van der Waals surface area contributed by atoms with Crippen LogP contribution in [0.15, 0.2) is 54.6 Å². The van der Waals surface area contributed by atoms with Gasteiger partial charge in [0.15, 0.2) is 0 Å². The van der Waals surface area contributed by atoms with Crippen LogP contribution in [0.2, 0.25) is 5.02 Å². The van der Waals surface area contributed by atoms with E-state index in [2.05, 4.69) is 32.6 Å². The van der Waals surface area contributed by atoms with Gasteiger partial charge in [-0.15, -0.1) is 0 Å². The standard InChI is InChI=1S/C20H23ClN4O2/c21-16-6-8-17(9-7-16)23-20(27)19(26)22-10-11-24-12-14-25(15-13-24)18-4-2-1-3-5-18/h1-9H,10-15H2,(H,22,26)(H,23,27). The van der Waals surface area contributed by atoms with Crippen molar-refractivity contribution in [3.05, 3.63) is 59.6 Å². The van der Waals surface area contributed by atoms with E-state index in [0.29, 0.717) is 17.3 Å². The Kier molecular flexibility index (Phi) is 6.68. The average molecular weight is 387 g/mol. The van der Waals surface area contributed by atoms with E-state index >= 15 is 0 Å². The van der Waals surface area contributed by atoms with E-state index in [-0.39, 0.29) is 0 Å². The molecule has 0 aromatic heterocycles. The SMILES string of the molecule is O=C(NCCN1CCN(c2ccccc2)CC1)C(=O)Nc1ccc(Cl)cc1. The molecule has 1 fully saturated rings. The van der Waals surface area contributed by atoms with Crippen molar-refractivity contribution in [2.45, 2.75) is 0 Å². The van der Waals surface area contributed by atoms with E-state index in [4.69, 9.17) is 11.6 Å². The number of piperazine rings is 1. The average Bonchev–Trinajstić information content (AvgIpc) is 2.71. The van der Waals surface area contributed by atoms with Gasteiger partial charge in [-0.05, 0) is 36.4 Å². The number of nitrogens with one attached hydrogen (secondary N) is 2. The number of benzene rings is 2. The Morgan fingerprint density at radius 2 is 1.56 bits per heavy atom. The van der Waals surface area contributed by atoms with Crippen molar-refractivity contribution in [1.82, 2.24) is 10.2 Å². The van der Waals surface area contributed by atoms with Gasteiger partial charge < -0.3 is 15.5 Å². The molecular formula is C20H23ClN4O2. The van der Waals surface area contributed by atoms with Gasteiger partial charge >= 0.3 is 11.8 Å². The Morgan fingerprint density at radius 3 is 2.22 bits per heavy atom. The summed E-state index contributed by atoms with van der Waals surface area (Å²) in [7, 11) is 0. The van der Waals surface area contributed by atoms with Crippen molar-refractivity contribution in [3.8, 4) is 0 Å². The zero-order chi connectivity index (χ0) is 19.1. The first kappa shape index (κ1) is 19.2. The zero-order valence-electron chi connectivity index (χ0n) is 15.0. The first-order valence-corrected chi connectivity index (χ1v) is 9.37. The fourth-order valence-electron chi connectivity index (χ4n) is 3.00. The van der Waals surface area contributed by atoms with Gasteiger partial charge in [0.05, 0.1) is 0 Å². The first-order chi connectivity index (χ1) is 13.1. The Morgan fingerprint density at radius 1 is 0.889 bits per heavy atom. The molecule has 2 aromatic carbocycles. The third-order valence-corrected chi connectivity index (χ3v) is 4.77. The second-order valence-corrected chi connectivity index (χ2v) is 6.82. The van der Waals surface area contributed by atoms with Crippen LogP contribution >= 0.6 is 11.6 Å². The van der Waals surface area contributed by atoms with Crippen molar-refractivity contribution in [3.63, 3.8) is 0 Å². The van der Waals surface area contributed by atoms with Gasteiger partial charge in [-0.3, -0.25) is 14.5 Å². The van der Waals surface area contributed by atoms with Gasteiger partial charge in [0.1, 0.15) is 0 Å². The van der Waals surface area contributed by atoms with Gasteiger partial charge in [-0.1, -0.05) is 29.8 Å². The molecule has 0 radical (unpaired) electrons. The van der Waals surface area contributed by atoms with E-state index in [1.54, 1.807) is 24.3 Å². The van der Waals surface area contributed by atoms with Crippen LogP contribution in [0.1, 0.15) is 0 Å². The summed E-state index contributed by atoms with van der Waals surface area (Å²) in [5.74, 6) is -1.31. The van der Waals surface area contributed by atoms with Crippen LogP contribution in [0.5, 0.6) is 0 Å². The maximum absolute atomic E-state index is 11.9. The van der Waals surface area contributed by atoms with Crippen LogP contribution in [0.4, 0.5) is 11.4 Å². The largest absolute Gasteiger partial charge is 0.369 e. The Balaban J connectivity index is 1.35. The minimum absolute atomic E-state index is 0.443. The van der Waals surface area contributed by atoms with Gasteiger partial charge in [0, 0.05) is 55.7 Å². The van der Waals surface area contributed by atoms with Crippen LogP contribution in [-0.2, 0) is 9.59 Å². The molecule has 142 valence electrons. The molecule has 0 unspecified atom stereocenters. The number of anilines is 2. The number of hydrogen-bond donors (Lipinski definition) is 2. The molecule has 1 heterocycles. The second kappa shape index (κ2) is 9.39. The lowest BCUT2D eigenvalue weighted by Gasteiger charge is -2.36. The molecule has 3 rings (SSSR count). The molecule has 7 heteroatoms. The molecule has 2 amide bonds. The smallest absolute Gasteiger partial charge is 0.313 e. The summed E-state index contributed by atoms with van der Waals surface area (Å²) in [6.45, 7) is 4.94. The normalized spacial score (nSPS) is 14.6. The number of rotatable bonds is 5. The fourth-order valence-corrected chi connectivity index (χ4v) is 3.12. The molecule has 0 spiro atoms. The number of carbonyl (C=O) groups is 2. The van der Waals surface area contributed by atoms with Crippen molar-refractivity contribution < 1.29 is 9.59 Å². The summed E-state index contributed by atoms with van der Waals surface area (Å²) in [5.41, 5.74) is 1.78. The molecule has 0 saturated carbocycles. The summed E-state index contributed by atoms with van der Waals surface area (Å²) >= 11 is 5.80. The zero-order valence-corrected chi connectivity index (χ0v) is 15.8. The maximum atomic E-state index is 11.9. The highest BCUT2D eigenvalue weighted by molar-refractivity contribution is 6.39. The molecule has 0 aliphatic carbocycles. The number of nitrogens with zero attached hydrogens (tertiary/aromatic N) is 2. The predicted molar refractivity (Wildman–Crippen MR) is 108 cm³/mol. The Labute approximate surface area is 164 Å². The van der Waals surface area contributed by atoms with Gasteiger partial charge in [-0.2, -0.15) is 0 Å². The molecule has 27 heavy (non-hydrogen) atoms. The minimum atomic E-state index is -0.675. The topological polar surface area (TPSA) is 64.7 Å². The van der Waals surface area contributed by atoms with Crippen molar-refractivity contribution in [1.29, 1.82) is 0 Å². The van der Waals surface area contributed by atoms with Crippen LogP contribution in [0.25, 0.3) is 0 Å². The Bertz CT molecular complexity index is 759. The molecule has 6 nitrogen and oxygen atoms in total. The molecular weight excluding hydrogens is 364 g/mol. The monoisotopic (exact) mass is 386 g/mol. The lowest BCUT2D eigenvalue weighted by molar-refractivity contribution is -0.136. The number of para-hydroxylation sites is 1. The van der Waals surface area contributed by atoms with Crippen molar-refractivity contribution in [2.24, 2.45) is 0 Å². The summed E-state index contributed by atoms with van der Waals surface area (Å²) < 4.78 is 0. The van der Waals surface area contributed by atoms with Crippen LogP contribution < -0.4 is 15.5 Å². The molecule has 0 bridgehead atoms. The Hall–Kier alpha value is -2.57. The number of amides is 2. The third kappa shape index (κ3) is 5.70. The lowest BCUT2D eigenvalue weighted by atomic mass is 10.2. The molecule has 0 atom stereocenters. The molecule has 2 N–H and O–H groups in total. The highest BCUT2D eigenvalue weighted by Crippen LogP contribution is 2.15. The van der Waals surface area contributed by atoms with Crippen molar-refractivity contribution >= 4 is 34.8 Å². The number of halogens is 1. The van der Waals surface area contributed by atoms with Crippen LogP contribution in [-0.4, -0.2) is 56.0 Å². The third-order valence-electron chi connectivity index (χ3n) is 4.52. The molecule has 1 saturated heterocycles. The molecule has 1 aliphatic heterocycles. The number of carbonyl (C=O) groups excluding carboxylic acids is 2. The highest BCUT2D eigenvalue weighted by atomic mass is 35.5. The summed E-state index contributed by atoms with van der Waals surface area (Å²) in [4.78, 5) is 28.5. The van der Waals surface area contributed by atoms with Crippen LogP contribution in [0.3, 0.4) is 0 Å². The van der Waals surface area contributed by atoms with E-state index < -0.39 is 11.8 Å². The lowest BCUT2D eigenvalue weighted by Crippen LogP contribution is -2.49. The quantitative estimate of drug-likeness (QED) is 0.773. The van der Waals surface area contributed by atoms with E-state index in [9.17, 15) is 9.59 Å². The highest BCUT2D eigenvalue weighted by Gasteiger charge is 2.18. The first-order valence-electron chi connectivity index (χ1n) is 8.99.